The molecule has 0 aromatic rings. The molecule has 0 saturated carbocycles. The summed E-state index contributed by atoms with van der Waals surface area (Å²) in [5.74, 6) is 0. The van der Waals surface area contributed by atoms with Gasteiger partial charge in [0.25, 0.3) is 0 Å². The van der Waals surface area contributed by atoms with Gasteiger partial charge in [0.05, 0.1) is 6.29 Å². The molecule has 0 amide bonds. The zero-order valence-corrected chi connectivity index (χ0v) is 2.36. The molecule has 0 aliphatic rings. The highest BCUT2D eigenvalue weighted by atomic mass is 15.0. The van der Waals surface area contributed by atoms with Crippen molar-refractivity contribution >= 4 is 0 Å². The first kappa shape index (κ1) is 3.88. The third-order valence-corrected chi connectivity index (χ3v) is 0. The first-order valence-electron chi connectivity index (χ1n) is 1.03. The van der Waals surface area contributed by atoms with Crippen molar-refractivity contribution < 1.29 is 5.73 Å². The van der Waals surface area contributed by atoms with Crippen LogP contribution in [0.4, 0.5) is 0 Å². The molecule has 0 saturated heterocycles. The van der Waals surface area contributed by atoms with Crippen LogP contribution in [0, 0.1) is 0 Å². The maximum Gasteiger partial charge on any atom is 0.0509 e. The van der Waals surface area contributed by atoms with Crippen molar-refractivity contribution in [2.75, 3.05) is 0 Å². The van der Waals surface area contributed by atoms with E-state index in [-0.39, 0.29) is 0 Å². The van der Waals surface area contributed by atoms with Crippen molar-refractivity contribution in [2.24, 2.45) is 5.73 Å². The van der Waals surface area contributed by atoms with E-state index in [2.05, 4.69) is 11.5 Å². The summed E-state index contributed by atoms with van der Waals surface area (Å²) < 4.78 is 0. The summed E-state index contributed by atoms with van der Waals surface area (Å²) in [5.41, 5.74) is 14.0. The molecule has 0 bridgehead atoms. The quantitative estimate of drug-likeness (QED) is 0.329. The lowest BCUT2D eigenvalue weighted by Crippen LogP contribution is -2.63. The van der Waals surface area contributed by atoms with E-state index in [0.29, 0.717) is 0 Å². The van der Waals surface area contributed by atoms with Crippen LogP contribution in [0.2, 0.25) is 0 Å². The normalized spacial score (nSPS) is 15.8. The van der Waals surface area contributed by atoms with Crippen molar-refractivity contribution in [3.63, 3.8) is 0 Å². The lowest BCUT2D eigenvalue weighted by molar-refractivity contribution is -0.401. The van der Waals surface area contributed by atoms with E-state index < -0.39 is 6.29 Å². The second kappa shape index (κ2) is 1.23. The molecule has 0 spiro atoms. The van der Waals surface area contributed by atoms with Crippen LogP contribution in [0.3, 0.4) is 0 Å². The highest BCUT2D eigenvalue weighted by Gasteiger charge is 1.57. The Morgan fingerprint density at radius 2 is 2.00 bits per heavy atom. The van der Waals surface area contributed by atoms with Crippen molar-refractivity contribution in [2.45, 2.75) is 6.29 Å². The Morgan fingerprint density at radius 1 is 2.00 bits per heavy atom. The van der Waals surface area contributed by atoms with Gasteiger partial charge in [0.2, 0.25) is 0 Å². The number of hydrogen-bond acceptors (Lipinski definition) is 1. The molecule has 1 atom stereocenters. The fourth-order valence-corrected chi connectivity index (χ4v) is 0. The minimum absolute atomic E-state index is 0.667. The van der Waals surface area contributed by atoms with Crippen molar-refractivity contribution in [3.8, 4) is 0 Å². The highest BCUT2D eigenvalue weighted by Crippen LogP contribution is 1.40. The predicted octanol–water partition coefficient (Wildman–Crippen LogP) is -1.48. The minimum atomic E-state index is -0.667. The summed E-state index contributed by atoms with van der Waals surface area (Å²) in [5, 5.41) is 0. The Morgan fingerprint density at radius 3 is 2.00 bits per heavy atom. The van der Waals surface area contributed by atoms with Gasteiger partial charge < -0.3 is 11.5 Å². The van der Waals surface area contributed by atoms with Crippen LogP contribution in [0.5, 0.6) is 0 Å². The maximum atomic E-state index is 6.25. The third kappa shape index (κ3) is 101. The molecule has 0 aliphatic heterocycles. The maximum absolute atomic E-state index is 6.25. The van der Waals surface area contributed by atoms with Crippen molar-refractivity contribution in [1.82, 2.24) is 0 Å². The molecule has 0 rings (SSSR count). The second-order valence-corrected chi connectivity index (χ2v) is 0.606. The molecule has 26 valence electrons. The second-order valence-electron chi connectivity index (χ2n) is 0.606. The molecular weight excluding hydrogens is 54.0 g/mol. The molecule has 0 radical (unpaired) electrons. The summed E-state index contributed by atoms with van der Waals surface area (Å²) in [6.07, 6.45) is -0.667. The minimum Gasteiger partial charge on any atom is -0.611 e. The van der Waals surface area contributed by atoms with Crippen molar-refractivity contribution in [3.05, 3.63) is 5.73 Å². The van der Waals surface area contributed by atoms with Crippen LogP contribution in [0.25, 0.3) is 5.73 Å². The molecule has 3 heteroatoms. The van der Waals surface area contributed by atoms with Gasteiger partial charge in [-0.15, -0.1) is 0 Å². The highest BCUT2D eigenvalue weighted by molar-refractivity contribution is 4.39. The summed E-state index contributed by atoms with van der Waals surface area (Å²) in [6, 6.07) is 0. The molecule has 3 nitrogen and oxygen atoms in total. The number of hydrogen-bond donors (Lipinski definition) is 2. The van der Waals surface area contributed by atoms with E-state index >= 15 is 0 Å². The SMILES string of the molecule is [NH-]C(N)[NH3+]. The largest absolute Gasteiger partial charge is 0.611 e. The Hall–Kier alpha value is -0.120. The average Bonchev–Trinajstić information content (AvgIpc) is 0.811. The predicted molar refractivity (Wildman–Crippen MR) is 15.2 cm³/mol. The molecule has 6 N–H and O–H groups in total. The van der Waals surface area contributed by atoms with Gasteiger partial charge in [0, 0.05) is 0 Å². The molecule has 0 aliphatic carbocycles. The number of rotatable bonds is 0. The van der Waals surface area contributed by atoms with E-state index in [0.717, 1.165) is 0 Å². The molecule has 0 aromatic carbocycles. The first-order chi connectivity index (χ1) is 1.73. The molecule has 1 unspecified atom stereocenters. The molecule has 0 aromatic heterocycles. The lowest BCUT2D eigenvalue weighted by atomic mass is 11.0. The van der Waals surface area contributed by atoms with Gasteiger partial charge in [-0.25, -0.2) is 0 Å². The summed E-state index contributed by atoms with van der Waals surface area (Å²) in [4.78, 5) is 0. The van der Waals surface area contributed by atoms with Gasteiger partial charge in [0.1, 0.15) is 0 Å². The fourth-order valence-electron chi connectivity index (χ4n) is 0. The Bertz CT molecular complexity index is 8.00. The average molecular weight is 61.1 g/mol. The van der Waals surface area contributed by atoms with Gasteiger partial charge in [0.15, 0.2) is 0 Å². The molecule has 4 heavy (non-hydrogen) atoms. The van der Waals surface area contributed by atoms with Gasteiger partial charge in [-0.05, 0) is 0 Å². The Labute approximate surface area is 24.8 Å². The number of quaternary nitrogens is 1. The van der Waals surface area contributed by atoms with Crippen LogP contribution in [-0.4, -0.2) is 6.29 Å². The molecule has 0 fully saturated rings. The van der Waals surface area contributed by atoms with Gasteiger partial charge in [-0.3, -0.25) is 5.73 Å². The van der Waals surface area contributed by atoms with Gasteiger partial charge in [-0.2, -0.15) is 0 Å². The molecule has 0 heterocycles. The van der Waals surface area contributed by atoms with E-state index in [1.54, 1.807) is 0 Å². The summed E-state index contributed by atoms with van der Waals surface area (Å²) in [6.45, 7) is 0. The van der Waals surface area contributed by atoms with Crippen molar-refractivity contribution in [1.29, 1.82) is 0 Å². The monoisotopic (exact) mass is 61.1 g/mol. The standard InChI is InChI=1S/CH6N3/c2-1(3)4/h1-2H,3-4H2/q-1/p+1. The van der Waals surface area contributed by atoms with E-state index in [1.807, 2.05) is 0 Å². The van der Waals surface area contributed by atoms with Gasteiger partial charge in [-0.1, -0.05) is 0 Å². The first-order valence-corrected chi connectivity index (χ1v) is 1.03. The Kier molecular flexibility index (Phi) is 1.19. The zero-order chi connectivity index (χ0) is 3.58. The van der Waals surface area contributed by atoms with Crippen LogP contribution in [0.1, 0.15) is 0 Å². The van der Waals surface area contributed by atoms with E-state index in [9.17, 15) is 0 Å². The van der Waals surface area contributed by atoms with E-state index in [4.69, 9.17) is 5.73 Å². The lowest BCUT2D eigenvalue weighted by Gasteiger charge is -1.94. The topological polar surface area (TPSA) is 77.5 Å². The van der Waals surface area contributed by atoms with Gasteiger partial charge >= 0.3 is 0 Å². The number of nitrogens with two attached hydrogens (primary N) is 1. The molecular formula is CH7N3. The third-order valence-electron chi connectivity index (χ3n) is 0. The smallest absolute Gasteiger partial charge is 0.0509 e. The Balaban J connectivity index is 2.32. The number of nitrogens with one attached hydrogen (secondary N) is 1. The van der Waals surface area contributed by atoms with E-state index in [1.165, 1.54) is 0 Å². The van der Waals surface area contributed by atoms with Crippen LogP contribution < -0.4 is 11.5 Å². The summed E-state index contributed by atoms with van der Waals surface area (Å²) >= 11 is 0. The fraction of sp³-hybridized carbons (Fsp3) is 1.00. The summed E-state index contributed by atoms with van der Waals surface area (Å²) in [7, 11) is 0. The van der Waals surface area contributed by atoms with Crippen LogP contribution >= 0.6 is 0 Å². The van der Waals surface area contributed by atoms with Crippen LogP contribution in [-0.2, 0) is 0 Å². The van der Waals surface area contributed by atoms with Crippen LogP contribution in [0.15, 0.2) is 0 Å². The zero-order valence-electron chi connectivity index (χ0n) is 2.36.